The number of carbonyl (C=O) groups excluding carboxylic acids is 2. The Bertz CT molecular complexity index is 347. The molecule has 0 aliphatic heterocycles. The highest BCUT2D eigenvalue weighted by molar-refractivity contribution is 8.00. The number of esters is 1. The highest BCUT2D eigenvalue weighted by atomic mass is 32.2. The van der Waals surface area contributed by atoms with Gasteiger partial charge >= 0.3 is 5.97 Å². The summed E-state index contributed by atoms with van der Waals surface area (Å²) in [5, 5.41) is 0.312. The fourth-order valence-corrected chi connectivity index (χ4v) is 3.43. The lowest BCUT2D eigenvalue weighted by Crippen LogP contribution is -2.10. The van der Waals surface area contributed by atoms with Gasteiger partial charge in [0.1, 0.15) is 0 Å². The van der Waals surface area contributed by atoms with E-state index in [0.717, 1.165) is 11.3 Å². The first-order valence-electron chi connectivity index (χ1n) is 6.39. The Kier molecular flexibility index (Phi) is 5.93. The molecule has 18 heavy (non-hydrogen) atoms. The molecule has 1 fully saturated rings. The van der Waals surface area contributed by atoms with Crippen molar-refractivity contribution in [3.05, 3.63) is 11.6 Å². The second-order valence-corrected chi connectivity index (χ2v) is 6.36. The van der Waals surface area contributed by atoms with Crippen LogP contribution in [0.15, 0.2) is 11.6 Å². The third kappa shape index (κ3) is 4.16. The maximum Gasteiger partial charge on any atom is 0.306 e. The van der Waals surface area contributed by atoms with E-state index in [1.807, 2.05) is 0 Å². The van der Waals surface area contributed by atoms with Crippen LogP contribution in [0.3, 0.4) is 0 Å². The van der Waals surface area contributed by atoms with E-state index >= 15 is 0 Å². The van der Waals surface area contributed by atoms with Crippen LogP contribution in [0.2, 0.25) is 0 Å². The Morgan fingerprint density at radius 2 is 2.22 bits per heavy atom. The zero-order valence-corrected chi connectivity index (χ0v) is 12.4. The Morgan fingerprint density at radius 3 is 2.78 bits per heavy atom. The largest absolute Gasteiger partial charge is 0.469 e. The molecule has 1 saturated carbocycles. The topological polar surface area (TPSA) is 43.4 Å². The van der Waals surface area contributed by atoms with E-state index in [4.69, 9.17) is 0 Å². The highest BCUT2D eigenvalue weighted by Crippen LogP contribution is 2.37. The molecule has 0 radical (unpaired) electrons. The number of thioether (sulfide) groups is 1. The molecule has 0 heterocycles. The number of allylic oxidation sites excluding steroid dienone is 2. The van der Waals surface area contributed by atoms with Crippen LogP contribution in [-0.4, -0.2) is 29.9 Å². The van der Waals surface area contributed by atoms with Crippen molar-refractivity contribution in [1.29, 1.82) is 0 Å². The summed E-state index contributed by atoms with van der Waals surface area (Å²) < 4.78 is 4.61. The molecule has 0 aromatic carbocycles. The summed E-state index contributed by atoms with van der Waals surface area (Å²) in [7, 11) is 1.40. The average molecular weight is 270 g/mol. The molecule has 2 atom stereocenters. The highest BCUT2D eigenvalue weighted by Gasteiger charge is 2.34. The second-order valence-electron chi connectivity index (χ2n) is 5.02. The Hall–Kier alpha value is -0.770. The monoisotopic (exact) mass is 270 g/mol. The summed E-state index contributed by atoms with van der Waals surface area (Å²) in [5.41, 5.74) is 0.973. The van der Waals surface area contributed by atoms with Gasteiger partial charge < -0.3 is 4.74 Å². The molecule has 1 rings (SSSR count). The van der Waals surface area contributed by atoms with Gasteiger partial charge in [0.15, 0.2) is 5.78 Å². The fourth-order valence-electron chi connectivity index (χ4n) is 2.13. The van der Waals surface area contributed by atoms with Gasteiger partial charge in [-0.2, -0.15) is 11.8 Å². The standard InChI is InChI=1S/C14H22O3S/c1-9(2)7-11-10(3)13(8-12(11)15)18-6-5-14(16)17-4/h7,9-10,13H,5-6,8H2,1-4H3/b11-7+. The van der Waals surface area contributed by atoms with Crippen LogP contribution in [0, 0.1) is 11.8 Å². The summed E-state index contributed by atoms with van der Waals surface area (Å²) in [4.78, 5) is 22.9. The first kappa shape index (κ1) is 15.3. The molecule has 0 aromatic rings. The van der Waals surface area contributed by atoms with Crippen LogP contribution in [0.25, 0.3) is 0 Å². The molecule has 0 spiro atoms. The molecule has 3 nitrogen and oxygen atoms in total. The number of rotatable bonds is 5. The molecule has 0 amide bonds. The quantitative estimate of drug-likeness (QED) is 0.569. The van der Waals surface area contributed by atoms with Crippen LogP contribution < -0.4 is 0 Å². The van der Waals surface area contributed by atoms with Gasteiger partial charge in [0.25, 0.3) is 0 Å². The number of hydrogen-bond acceptors (Lipinski definition) is 4. The normalized spacial score (nSPS) is 26.1. The van der Waals surface area contributed by atoms with Crippen LogP contribution in [0.1, 0.15) is 33.6 Å². The number of carbonyl (C=O) groups is 2. The maximum atomic E-state index is 11.9. The minimum Gasteiger partial charge on any atom is -0.469 e. The van der Waals surface area contributed by atoms with Gasteiger partial charge in [-0.15, -0.1) is 0 Å². The van der Waals surface area contributed by atoms with E-state index in [0.29, 0.717) is 29.9 Å². The number of Topliss-reactive ketones (excluding diaryl/α,β-unsaturated/α-hetero) is 1. The second kappa shape index (κ2) is 6.98. The molecule has 102 valence electrons. The van der Waals surface area contributed by atoms with Crippen molar-refractivity contribution in [2.24, 2.45) is 11.8 Å². The lowest BCUT2D eigenvalue weighted by Gasteiger charge is -2.14. The fraction of sp³-hybridized carbons (Fsp3) is 0.714. The number of methoxy groups -OCH3 is 1. The lowest BCUT2D eigenvalue weighted by molar-refractivity contribution is -0.140. The molecular formula is C14H22O3S. The SMILES string of the molecule is COC(=O)CCSC1CC(=O)/C(=C/C(C)C)C1C. The molecule has 0 N–H and O–H groups in total. The molecule has 2 unspecified atom stereocenters. The Morgan fingerprint density at radius 1 is 1.56 bits per heavy atom. The summed E-state index contributed by atoms with van der Waals surface area (Å²) in [5.74, 6) is 1.51. The van der Waals surface area contributed by atoms with E-state index in [1.165, 1.54) is 7.11 Å². The van der Waals surface area contributed by atoms with Crippen molar-refractivity contribution < 1.29 is 14.3 Å². The van der Waals surface area contributed by atoms with E-state index in [2.05, 4.69) is 31.6 Å². The predicted molar refractivity (Wildman–Crippen MR) is 74.6 cm³/mol. The first-order chi connectivity index (χ1) is 8.45. The molecule has 1 aliphatic carbocycles. The van der Waals surface area contributed by atoms with Gasteiger partial charge in [0.2, 0.25) is 0 Å². The molecule has 0 aromatic heterocycles. The number of hydrogen-bond donors (Lipinski definition) is 0. The van der Waals surface area contributed by atoms with Crippen LogP contribution in [-0.2, 0) is 14.3 Å². The molecule has 1 aliphatic rings. The summed E-state index contributed by atoms with van der Waals surface area (Å²) in [6, 6.07) is 0. The van der Waals surface area contributed by atoms with Crippen LogP contribution in [0.5, 0.6) is 0 Å². The van der Waals surface area contributed by atoms with Crippen molar-refractivity contribution in [1.82, 2.24) is 0 Å². The predicted octanol–water partition coefficient (Wildman–Crippen LogP) is 2.84. The zero-order valence-electron chi connectivity index (χ0n) is 11.6. The van der Waals surface area contributed by atoms with E-state index in [-0.39, 0.29) is 11.8 Å². The van der Waals surface area contributed by atoms with Crippen molar-refractivity contribution in [3.8, 4) is 0 Å². The van der Waals surface area contributed by atoms with Crippen molar-refractivity contribution >= 4 is 23.5 Å². The van der Waals surface area contributed by atoms with Crippen molar-refractivity contribution in [2.45, 2.75) is 38.9 Å². The summed E-state index contributed by atoms with van der Waals surface area (Å²) in [6.45, 7) is 6.28. The van der Waals surface area contributed by atoms with Crippen LogP contribution in [0.4, 0.5) is 0 Å². The first-order valence-corrected chi connectivity index (χ1v) is 7.44. The zero-order chi connectivity index (χ0) is 13.7. The van der Waals surface area contributed by atoms with Gasteiger partial charge in [-0.05, 0) is 17.4 Å². The summed E-state index contributed by atoms with van der Waals surface area (Å²) in [6.07, 6.45) is 3.10. The maximum absolute atomic E-state index is 11.9. The minimum absolute atomic E-state index is 0.183. The molecule has 0 saturated heterocycles. The summed E-state index contributed by atoms with van der Waals surface area (Å²) >= 11 is 1.71. The van der Waals surface area contributed by atoms with E-state index in [9.17, 15) is 9.59 Å². The third-order valence-electron chi connectivity index (χ3n) is 3.14. The van der Waals surface area contributed by atoms with Crippen LogP contribution >= 0.6 is 11.8 Å². The smallest absolute Gasteiger partial charge is 0.306 e. The number of ketones is 1. The lowest BCUT2D eigenvalue weighted by atomic mass is 10.0. The van der Waals surface area contributed by atoms with Gasteiger partial charge in [0.05, 0.1) is 13.5 Å². The minimum atomic E-state index is -0.183. The van der Waals surface area contributed by atoms with E-state index < -0.39 is 0 Å². The van der Waals surface area contributed by atoms with Gasteiger partial charge in [-0.25, -0.2) is 0 Å². The van der Waals surface area contributed by atoms with E-state index in [1.54, 1.807) is 11.8 Å². The molecular weight excluding hydrogens is 248 g/mol. The van der Waals surface area contributed by atoms with Gasteiger partial charge in [0, 0.05) is 17.4 Å². The number of ether oxygens (including phenoxy) is 1. The Labute approximate surface area is 113 Å². The Balaban J connectivity index is 2.50. The molecule has 0 bridgehead atoms. The van der Waals surface area contributed by atoms with Crippen molar-refractivity contribution in [2.75, 3.05) is 12.9 Å². The van der Waals surface area contributed by atoms with Crippen molar-refractivity contribution in [3.63, 3.8) is 0 Å². The average Bonchev–Trinajstić information content (AvgIpc) is 2.56. The molecule has 4 heteroatoms. The van der Waals surface area contributed by atoms with Gasteiger partial charge in [-0.1, -0.05) is 26.8 Å². The third-order valence-corrected chi connectivity index (χ3v) is 4.58. The van der Waals surface area contributed by atoms with Gasteiger partial charge in [-0.3, -0.25) is 9.59 Å².